The van der Waals surface area contributed by atoms with Gasteiger partial charge in [0.1, 0.15) is 5.60 Å². The third kappa shape index (κ3) is 0.882. The highest BCUT2D eigenvalue weighted by atomic mass is 16.7. The van der Waals surface area contributed by atoms with Gasteiger partial charge in [0, 0.05) is 18.9 Å². The molecule has 4 heteroatoms. The normalized spacial score (nSPS) is 44.7. The molecule has 2 aliphatic carbocycles. The predicted octanol–water partition coefficient (Wildman–Crippen LogP) is 0.886. The first-order valence-electron chi connectivity index (χ1n) is 5.49. The summed E-state index contributed by atoms with van der Waals surface area (Å²) in [5, 5.41) is 0. The number of fused-ring (bicyclic) bond motifs is 1. The van der Waals surface area contributed by atoms with Crippen LogP contribution in [0, 0.1) is 5.41 Å². The molecule has 1 heterocycles. The highest BCUT2D eigenvalue weighted by molar-refractivity contribution is 5.80. The summed E-state index contributed by atoms with van der Waals surface area (Å²) >= 11 is 0. The third-order valence-corrected chi connectivity index (χ3v) is 4.59. The molecule has 0 radical (unpaired) electrons. The Balaban J connectivity index is 1.78. The molecule has 0 aromatic rings. The van der Waals surface area contributed by atoms with Crippen molar-refractivity contribution in [1.82, 2.24) is 0 Å². The minimum absolute atomic E-state index is 0.126. The van der Waals surface area contributed by atoms with Gasteiger partial charge in [-0.25, -0.2) is 4.79 Å². The van der Waals surface area contributed by atoms with Crippen LogP contribution in [0.25, 0.3) is 0 Å². The Bertz CT molecular complexity index is 310. The van der Waals surface area contributed by atoms with Crippen molar-refractivity contribution >= 4 is 5.97 Å². The number of epoxide rings is 1. The Morgan fingerprint density at radius 3 is 2.60 bits per heavy atom. The van der Waals surface area contributed by atoms with E-state index < -0.39 is 0 Å². The van der Waals surface area contributed by atoms with Crippen LogP contribution >= 0.6 is 0 Å². The minimum Gasteiger partial charge on any atom is -0.467 e. The molecule has 15 heavy (non-hydrogen) atoms. The average Bonchev–Trinajstić information content (AvgIpc) is 2.88. The molecule has 4 nitrogen and oxygen atoms in total. The zero-order valence-corrected chi connectivity index (χ0v) is 9.12. The lowest BCUT2D eigenvalue weighted by Gasteiger charge is -2.59. The Morgan fingerprint density at radius 1 is 1.40 bits per heavy atom. The molecular formula is C11H16O4. The maximum absolute atomic E-state index is 11.4. The van der Waals surface area contributed by atoms with E-state index in [2.05, 4.69) is 0 Å². The lowest BCUT2D eigenvalue weighted by Crippen LogP contribution is -2.65. The third-order valence-electron chi connectivity index (χ3n) is 4.59. The summed E-state index contributed by atoms with van der Waals surface area (Å²) in [5.74, 6) is -0.226. The molecule has 1 aliphatic heterocycles. The summed E-state index contributed by atoms with van der Waals surface area (Å²) in [5.41, 5.74) is -0.0976. The van der Waals surface area contributed by atoms with Gasteiger partial charge in [0.25, 0.3) is 0 Å². The summed E-state index contributed by atoms with van der Waals surface area (Å²) in [6, 6.07) is 0. The first kappa shape index (κ1) is 9.60. The SMILES string of the molecule is COC(=O)C1OC12CC(OC)C21CCC1. The largest absolute Gasteiger partial charge is 0.467 e. The van der Waals surface area contributed by atoms with Crippen LogP contribution in [-0.2, 0) is 19.0 Å². The van der Waals surface area contributed by atoms with Gasteiger partial charge in [0.2, 0.25) is 0 Å². The fourth-order valence-corrected chi connectivity index (χ4v) is 3.48. The summed E-state index contributed by atoms with van der Waals surface area (Å²) < 4.78 is 15.8. The maximum atomic E-state index is 11.4. The molecule has 0 bridgehead atoms. The number of hydrogen-bond donors (Lipinski definition) is 0. The Kier molecular flexibility index (Phi) is 1.75. The number of carbonyl (C=O) groups excluding carboxylic acids is 1. The van der Waals surface area contributed by atoms with Crippen molar-refractivity contribution in [3.05, 3.63) is 0 Å². The molecule has 0 N–H and O–H groups in total. The Morgan fingerprint density at radius 2 is 2.13 bits per heavy atom. The monoisotopic (exact) mass is 212 g/mol. The van der Waals surface area contributed by atoms with E-state index in [-0.39, 0.29) is 29.2 Å². The first-order valence-corrected chi connectivity index (χ1v) is 5.49. The summed E-state index contributed by atoms with van der Waals surface area (Å²) in [6.07, 6.45) is 4.27. The molecule has 2 spiro atoms. The van der Waals surface area contributed by atoms with Gasteiger partial charge < -0.3 is 14.2 Å². The van der Waals surface area contributed by atoms with Gasteiger partial charge in [-0.15, -0.1) is 0 Å². The van der Waals surface area contributed by atoms with E-state index >= 15 is 0 Å². The number of esters is 1. The second kappa shape index (κ2) is 2.74. The van der Waals surface area contributed by atoms with Crippen LogP contribution in [0.1, 0.15) is 25.7 Å². The molecule has 3 rings (SSSR count). The zero-order valence-electron chi connectivity index (χ0n) is 9.12. The number of rotatable bonds is 2. The number of methoxy groups -OCH3 is 2. The number of carbonyl (C=O) groups is 1. The van der Waals surface area contributed by atoms with Crippen molar-refractivity contribution in [2.45, 2.75) is 43.5 Å². The highest BCUT2D eigenvalue weighted by Gasteiger charge is 2.82. The molecule has 0 aromatic carbocycles. The topological polar surface area (TPSA) is 48.1 Å². The highest BCUT2D eigenvalue weighted by Crippen LogP contribution is 2.72. The van der Waals surface area contributed by atoms with Crippen LogP contribution in [0.15, 0.2) is 0 Å². The van der Waals surface area contributed by atoms with Crippen molar-refractivity contribution in [3.8, 4) is 0 Å². The number of ether oxygens (including phenoxy) is 3. The van der Waals surface area contributed by atoms with Crippen molar-refractivity contribution in [3.63, 3.8) is 0 Å². The van der Waals surface area contributed by atoms with Gasteiger partial charge in [-0.05, 0) is 12.8 Å². The van der Waals surface area contributed by atoms with E-state index in [4.69, 9.17) is 14.2 Å². The van der Waals surface area contributed by atoms with E-state index in [0.29, 0.717) is 0 Å². The van der Waals surface area contributed by atoms with Gasteiger partial charge in [0.05, 0.1) is 13.2 Å². The van der Waals surface area contributed by atoms with E-state index in [9.17, 15) is 4.79 Å². The molecule has 84 valence electrons. The summed E-state index contributed by atoms with van der Waals surface area (Å²) in [7, 11) is 3.16. The van der Waals surface area contributed by atoms with Crippen LogP contribution in [0.3, 0.4) is 0 Å². The van der Waals surface area contributed by atoms with E-state index in [1.165, 1.54) is 13.5 Å². The molecule has 3 atom stereocenters. The van der Waals surface area contributed by atoms with Crippen LogP contribution in [0.5, 0.6) is 0 Å². The lowest BCUT2D eigenvalue weighted by atomic mass is 9.46. The molecule has 0 aromatic heterocycles. The van der Waals surface area contributed by atoms with Crippen LogP contribution in [-0.4, -0.2) is 38.0 Å². The minimum atomic E-state index is -0.325. The van der Waals surface area contributed by atoms with Gasteiger partial charge in [-0.3, -0.25) is 0 Å². The summed E-state index contributed by atoms with van der Waals surface area (Å²) in [6.45, 7) is 0. The van der Waals surface area contributed by atoms with E-state index in [0.717, 1.165) is 19.3 Å². The van der Waals surface area contributed by atoms with Gasteiger partial charge >= 0.3 is 5.97 Å². The zero-order chi connectivity index (χ0) is 10.7. The van der Waals surface area contributed by atoms with Crippen LogP contribution < -0.4 is 0 Å². The number of hydrogen-bond acceptors (Lipinski definition) is 4. The second-order valence-electron chi connectivity index (χ2n) is 4.85. The van der Waals surface area contributed by atoms with Gasteiger partial charge in [-0.1, -0.05) is 6.42 Å². The predicted molar refractivity (Wildman–Crippen MR) is 51.3 cm³/mol. The lowest BCUT2D eigenvalue weighted by molar-refractivity contribution is -0.195. The van der Waals surface area contributed by atoms with Gasteiger partial charge in [0.15, 0.2) is 6.10 Å². The molecule has 3 fully saturated rings. The fraction of sp³-hybridized carbons (Fsp3) is 0.909. The quantitative estimate of drug-likeness (QED) is 0.503. The van der Waals surface area contributed by atoms with E-state index in [1.54, 1.807) is 7.11 Å². The second-order valence-corrected chi connectivity index (χ2v) is 4.85. The first-order chi connectivity index (χ1) is 7.20. The standard InChI is InChI=1S/C11H16O4/c1-13-7-6-11(10(7)4-3-5-10)8(15-11)9(12)14-2/h7-8H,3-6H2,1-2H3. The Hall–Kier alpha value is -0.610. The van der Waals surface area contributed by atoms with Gasteiger partial charge in [-0.2, -0.15) is 0 Å². The average molecular weight is 212 g/mol. The molecule has 3 aliphatic rings. The summed E-state index contributed by atoms with van der Waals surface area (Å²) in [4.78, 5) is 11.4. The van der Waals surface area contributed by atoms with Crippen molar-refractivity contribution < 1.29 is 19.0 Å². The maximum Gasteiger partial charge on any atom is 0.338 e. The fourth-order valence-electron chi connectivity index (χ4n) is 3.48. The van der Waals surface area contributed by atoms with Crippen molar-refractivity contribution in [2.75, 3.05) is 14.2 Å². The smallest absolute Gasteiger partial charge is 0.338 e. The molecule has 3 unspecified atom stereocenters. The molecular weight excluding hydrogens is 196 g/mol. The van der Waals surface area contributed by atoms with Crippen LogP contribution in [0.4, 0.5) is 0 Å². The van der Waals surface area contributed by atoms with Crippen LogP contribution in [0.2, 0.25) is 0 Å². The Labute approximate surface area is 88.9 Å². The van der Waals surface area contributed by atoms with Crippen molar-refractivity contribution in [2.24, 2.45) is 5.41 Å². The van der Waals surface area contributed by atoms with E-state index in [1.807, 2.05) is 0 Å². The molecule has 0 amide bonds. The van der Waals surface area contributed by atoms with Crippen molar-refractivity contribution in [1.29, 1.82) is 0 Å². The molecule has 1 saturated heterocycles. The molecule has 2 saturated carbocycles.